The van der Waals surface area contributed by atoms with Crippen LogP contribution in [0, 0.1) is 12.5 Å². The Labute approximate surface area is 93.7 Å². The molecule has 0 heterocycles. The molecule has 0 unspecified atom stereocenters. The molecule has 16 heavy (non-hydrogen) atoms. The van der Waals surface area contributed by atoms with E-state index < -0.39 is 12.1 Å². The Bertz CT molecular complexity index is 304. The highest BCUT2D eigenvalue weighted by molar-refractivity contribution is 5.74. The van der Waals surface area contributed by atoms with Crippen LogP contribution in [0.1, 0.15) is 26.2 Å². The third-order valence-electron chi connectivity index (χ3n) is 2.36. The Morgan fingerprint density at radius 1 is 1.50 bits per heavy atom. The Balaban J connectivity index is 2.14. The number of nitrogens with one attached hydrogen (secondary N) is 1. The van der Waals surface area contributed by atoms with Gasteiger partial charge in [-0.15, -0.1) is 4.84 Å². The summed E-state index contributed by atoms with van der Waals surface area (Å²) in [5, 5.41) is 5.12. The van der Waals surface area contributed by atoms with E-state index >= 15 is 0 Å². The summed E-state index contributed by atoms with van der Waals surface area (Å²) in [5.74, 6) is -0.845. The van der Waals surface area contributed by atoms with Gasteiger partial charge in [0.1, 0.15) is 6.10 Å². The lowest BCUT2D eigenvalue weighted by atomic mass is 9.82. The normalized spacial score (nSPS) is 22.5. The molecule has 6 heteroatoms. The van der Waals surface area contributed by atoms with Crippen molar-refractivity contribution in [2.75, 3.05) is 6.54 Å². The topological polar surface area (TPSA) is 69.0 Å². The van der Waals surface area contributed by atoms with Crippen molar-refractivity contribution in [1.29, 1.82) is 0 Å². The van der Waals surface area contributed by atoms with E-state index in [2.05, 4.69) is 15.2 Å². The van der Waals surface area contributed by atoms with Crippen LogP contribution in [-0.4, -0.2) is 24.7 Å². The van der Waals surface area contributed by atoms with Crippen molar-refractivity contribution in [3.05, 3.63) is 11.6 Å². The summed E-state index contributed by atoms with van der Waals surface area (Å²) < 4.78 is 5.01. The number of rotatable bonds is 4. The van der Waals surface area contributed by atoms with Gasteiger partial charge < -0.3 is 10.1 Å². The highest BCUT2D eigenvalue weighted by atomic mass is 16.7. The SMILES string of the molecule is [C-]#[N+]OC(=O)C1CC(OC(=O)NCCC)C1. The van der Waals surface area contributed by atoms with Crippen LogP contribution >= 0.6 is 0 Å². The molecule has 1 fully saturated rings. The van der Waals surface area contributed by atoms with Crippen LogP contribution in [0.4, 0.5) is 4.79 Å². The molecular weight excluding hydrogens is 212 g/mol. The standard InChI is InChI=1S/C10H14N2O4/c1-3-4-12-10(14)15-8-5-7(6-8)9(13)16-11-2/h7-8H,3-6H2,1H3,(H,12,14). The Morgan fingerprint density at radius 2 is 2.19 bits per heavy atom. The zero-order chi connectivity index (χ0) is 12.0. The van der Waals surface area contributed by atoms with Crippen molar-refractivity contribution in [2.24, 2.45) is 5.92 Å². The molecule has 6 nitrogen and oxygen atoms in total. The summed E-state index contributed by atoms with van der Waals surface area (Å²) in [6.07, 6.45) is 1.03. The largest absolute Gasteiger partial charge is 0.446 e. The quantitative estimate of drug-likeness (QED) is 0.579. The second-order valence-electron chi connectivity index (χ2n) is 3.62. The van der Waals surface area contributed by atoms with E-state index in [0.717, 1.165) is 6.42 Å². The first-order valence-electron chi connectivity index (χ1n) is 5.19. The van der Waals surface area contributed by atoms with Crippen molar-refractivity contribution >= 4 is 12.1 Å². The number of alkyl carbamates (subject to hydrolysis) is 1. The molecule has 1 aliphatic carbocycles. The number of nitrogens with zero attached hydrogens (tertiary/aromatic N) is 1. The fraction of sp³-hybridized carbons (Fsp3) is 0.700. The van der Waals surface area contributed by atoms with E-state index in [0.29, 0.717) is 19.4 Å². The van der Waals surface area contributed by atoms with E-state index in [1.807, 2.05) is 6.92 Å². The van der Waals surface area contributed by atoms with Crippen LogP contribution < -0.4 is 5.32 Å². The average Bonchev–Trinajstić information content (AvgIpc) is 2.20. The highest BCUT2D eigenvalue weighted by Crippen LogP contribution is 2.31. The average molecular weight is 226 g/mol. The maximum absolute atomic E-state index is 11.1. The maximum atomic E-state index is 11.1. The number of ether oxygens (including phenoxy) is 1. The Morgan fingerprint density at radius 3 is 2.75 bits per heavy atom. The highest BCUT2D eigenvalue weighted by Gasteiger charge is 2.40. The van der Waals surface area contributed by atoms with Crippen LogP contribution in [0.15, 0.2) is 0 Å². The summed E-state index contributed by atoms with van der Waals surface area (Å²) in [5.41, 5.74) is 0. The minimum atomic E-state index is -0.538. The van der Waals surface area contributed by atoms with Crippen molar-refractivity contribution in [3.63, 3.8) is 0 Å². The van der Waals surface area contributed by atoms with Gasteiger partial charge in [-0.05, 0) is 24.3 Å². The van der Waals surface area contributed by atoms with Crippen LogP contribution in [0.25, 0.3) is 5.01 Å². The second-order valence-corrected chi connectivity index (χ2v) is 3.62. The van der Waals surface area contributed by atoms with Crippen molar-refractivity contribution < 1.29 is 19.2 Å². The first-order valence-corrected chi connectivity index (χ1v) is 5.19. The second kappa shape index (κ2) is 5.95. The summed E-state index contributed by atoms with van der Waals surface area (Å²) >= 11 is 0. The maximum Gasteiger partial charge on any atom is 0.407 e. The van der Waals surface area contributed by atoms with E-state index in [1.165, 1.54) is 0 Å². The zero-order valence-electron chi connectivity index (χ0n) is 9.06. The van der Waals surface area contributed by atoms with Gasteiger partial charge in [-0.2, -0.15) is 6.57 Å². The number of amides is 1. The van der Waals surface area contributed by atoms with E-state index in [1.54, 1.807) is 0 Å². The fourth-order valence-electron chi connectivity index (χ4n) is 1.39. The molecule has 0 spiro atoms. The molecule has 1 saturated carbocycles. The molecule has 88 valence electrons. The number of hydrogen-bond donors (Lipinski definition) is 1. The lowest BCUT2D eigenvalue weighted by molar-refractivity contribution is -0.150. The number of hydrogen-bond acceptors (Lipinski definition) is 4. The molecule has 1 rings (SSSR count). The molecule has 0 saturated heterocycles. The van der Waals surface area contributed by atoms with E-state index in [-0.39, 0.29) is 12.0 Å². The molecule has 0 aromatic carbocycles. The van der Waals surface area contributed by atoms with Gasteiger partial charge in [0.15, 0.2) is 0 Å². The van der Waals surface area contributed by atoms with Crippen LogP contribution in [-0.2, 0) is 14.4 Å². The zero-order valence-corrected chi connectivity index (χ0v) is 9.06. The smallest absolute Gasteiger partial charge is 0.407 e. The van der Waals surface area contributed by atoms with Crippen molar-refractivity contribution in [1.82, 2.24) is 5.32 Å². The third-order valence-corrected chi connectivity index (χ3v) is 2.36. The minimum Gasteiger partial charge on any atom is -0.446 e. The fourth-order valence-corrected chi connectivity index (χ4v) is 1.39. The number of carbonyl (C=O) groups is 2. The summed E-state index contributed by atoms with van der Waals surface area (Å²) in [6.45, 7) is 8.87. The molecule has 0 bridgehead atoms. The summed E-state index contributed by atoms with van der Waals surface area (Å²) in [4.78, 5) is 26.3. The molecule has 0 aromatic rings. The van der Waals surface area contributed by atoms with Gasteiger partial charge in [-0.3, -0.25) is 0 Å². The van der Waals surface area contributed by atoms with Crippen LogP contribution in [0.3, 0.4) is 0 Å². The van der Waals surface area contributed by atoms with Gasteiger partial charge in [0.2, 0.25) is 0 Å². The van der Waals surface area contributed by atoms with Crippen molar-refractivity contribution in [3.8, 4) is 0 Å². The Hall–Kier alpha value is -1.77. The van der Waals surface area contributed by atoms with Gasteiger partial charge in [0.05, 0.1) is 5.92 Å². The minimum absolute atomic E-state index is 0.236. The van der Waals surface area contributed by atoms with E-state index in [4.69, 9.17) is 11.3 Å². The molecule has 1 amide bonds. The Kier molecular flexibility index (Phi) is 4.58. The predicted octanol–water partition coefficient (Wildman–Crippen LogP) is 1.28. The molecule has 0 aliphatic heterocycles. The van der Waals surface area contributed by atoms with Gasteiger partial charge in [0.25, 0.3) is 0 Å². The predicted molar refractivity (Wildman–Crippen MR) is 54.0 cm³/mol. The van der Waals surface area contributed by atoms with Gasteiger partial charge in [-0.25, -0.2) is 9.59 Å². The molecule has 1 aliphatic rings. The summed E-state index contributed by atoms with van der Waals surface area (Å²) in [7, 11) is 0. The van der Waals surface area contributed by atoms with Gasteiger partial charge in [0, 0.05) is 6.54 Å². The van der Waals surface area contributed by atoms with E-state index in [9.17, 15) is 9.59 Å². The van der Waals surface area contributed by atoms with Crippen LogP contribution in [0.2, 0.25) is 0 Å². The molecule has 0 atom stereocenters. The molecule has 1 N–H and O–H groups in total. The lowest BCUT2D eigenvalue weighted by Crippen LogP contribution is -2.40. The lowest BCUT2D eigenvalue weighted by Gasteiger charge is -2.30. The van der Waals surface area contributed by atoms with Crippen molar-refractivity contribution in [2.45, 2.75) is 32.3 Å². The first-order chi connectivity index (χ1) is 7.67. The molecular formula is C10H14N2O4. The van der Waals surface area contributed by atoms with Gasteiger partial charge >= 0.3 is 12.1 Å². The number of carbonyl (C=O) groups excluding carboxylic acids is 2. The van der Waals surface area contributed by atoms with Gasteiger partial charge in [-0.1, -0.05) is 6.92 Å². The first kappa shape index (κ1) is 12.3. The third kappa shape index (κ3) is 3.42. The molecule has 0 radical (unpaired) electrons. The monoisotopic (exact) mass is 226 g/mol. The molecule has 0 aromatic heterocycles. The summed E-state index contributed by atoms with van der Waals surface area (Å²) in [6, 6.07) is 0. The van der Waals surface area contributed by atoms with Crippen LogP contribution in [0.5, 0.6) is 0 Å².